The van der Waals surface area contributed by atoms with E-state index in [0.29, 0.717) is 36.7 Å². The Kier molecular flexibility index (Phi) is 33.3. The summed E-state index contributed by atoms with van der Waals surface area (Å²) < 4.78 is 23.5. The van der Waals surface area contributed by atoms with Crippen molar-refractivity contribution in [2.45, 2.75) is 186 Å². The van der Waals surface area contributed by atoms with E-state index in [0.717, 1.165) is 57.8 Å². The molecule has 1 amide bonds. The Bertz CT molecular complexity index is 966. The first-order valence-electron chi connectivity index (χ1n) is 21.0. The maximum Gasteiger partial charge on any atom is 0.472 e. The lowest BCUT2D eigenvalue weighted by Crippen LogP contribution is -2.46. The molecule has 0 saturated carbocycles. The minimum atomic E-state index is -4.34. The number of likely N-dealkylation sites (N-methyl/N-ethyl adjacent to an activating group) is 1. The third-order valence-electron chi connectivity index (χ3n) is 9.26. The molecule has 2 unspecified atom stereocenters. The Labute approximate surface area is 319 Å². The second-order valence-corrected chi connectivity index (χ2v) is 17.0. The fraction of sp³-hybridized carbons (Fsp3) is 0.833. The van der Waals surface area contributed by atoms with Gasteiger partial charge in [0.2, 0.25) is 5.91 Å². The molecule has 0 aromatic carbocycles. The molecule has 4 N–H and O–H groups in total. The highest BCUT2D eigenvalue weighted by Gasteiger charge is 2.28. The van der Waals surface area contributed by atoms with Gasteiger partial charge in [-0.15, -0.1) is 0 Å². The maximum absolute atomic E-state index is 12.9. The van der Waals surface area contributed by atoms with Gasteiger partial charge in [0.05, 0.1) is 46.0 Å². The van der Waals surface area contributed by atoms with E-state index in [-0.39, 0.29) is 19.1 Å². The summed E-state index contributed by atoms with van der Waals surface area (Å²) in [7, 11) is 1.55. The molecule has 0 aromatic rings. The number of nitrogens with zero attached hydrogens (tertiary/aromatic N) is 1. The van der Waals surface area contributed by atoms with Crippen molar-refractivity contribution in [1.29, 1.82) is 0 Å². The number of allylic oxidation sites excluding steroid dienone is 5. The molecular formula is C42H82N2O7P+. The van der Waals surface area contributed by atoms with Crippen LogP contribution in [0.2, 0.25) is 0 Å². The van der Waals surface area contributed by atoms with Crippen molar-refractivity contribution in [3.05, 3.63) is 36.5 Å². The number of hydrogen-bond donors (Lipinski definition) is 4. The average Bonchev–Trinajstić information content (AvgIpc) is 3.08. The monoisotopic (exact) mass is 758 g/mol. The van der Waals surface area contributed by atoms with E-state index in [9.17, 15) is 24.5 Å². The maximum atomic E-state index is 12.9. The summed E-state index contributed by atoms with van der Waals surface area (Å²) in [4.78, 5) is 23.1. The molecule has 0 radical (unpaired) electrons. The molecule has 0 aromatic heterocycles. The number of amides is 1. The van der Waals surface area contributed by atoms with Crippen LogP contribution in [0, 0.1) is 0 Å². The van der Waals surface area contributed by atoms with Crippen molar-refractivity contribution in [2.24, 2.45) is 0 Å². The van der Waals surface area contributed by atoms with Gasteiger partial charge in [-0.1, -0.05) is 166 Å². The van der Waals surface area contributed by atoms with Crippen molar-refractivity contribution in [3.8, 4) is 0 Å². The van der Waals surface area contributed by atoms with E-state index < -0.39 is 26.1 Å². The Balaban J connectivity index is 4.51. The van der Waals surface area contributed by atoms with Crippen LogP contribution < -0.4 is 5.32 Å². The number of nitrogens with one attached hydrogen (secondary N) is 1. The Morgan fingerprint density at radius 2 is 1.25 bits per heavy atom. The molecule has 0 aliphatic heterocycles. The van der Waals surface area contributed by atoms with Crippen LogP contribution in [-0.2, 0) is 18.4 Å². The fourth-order valence-electron chi connectivity index (χ4n) is 5.88. The van der Waals surface area contributed by atoms with Crippen molar-refractivity contribution in [1.82, 2.24) is 5.32 Å². The number of aliphatic hydroxyl groups excluding tert-OH is 2. The van der Waals surface area contributed by atoms with Crippen LogP contribution in [0.1, 0.15) is 168 Å². The second-order valence-electron chi connectivity index (χ2n) is 15.5. The SMILES string of the molecule is CC/C=C/C/C=C/C=C/C(O)CCCCCCCC(=O)N[C@@H](COP(=O)(O)OCC[N+](C)(C)C)[C@H](O)CCCCCCCCCCCCCCCC. The third kappa shape index (κ3) is 35.7. The minimum absolute atomic E-state index is 0.0557. The molecule has 4 atom stereocenters. The summed E-state index contributed by atoms with van der Waals surface area (Å²) >= 11 is 0. The predicted molar refractivity (Wildman–Crippen MR) is 218 cm³/mol. The van der Waals surface area contributed by atoms with Gasteiger partial charge in [-0.3, -0.25) is 13.8 Å². The van der Waals surface area contributed by atoms with Crippen molar-refractivity contribution < 1.29 is 38.0 Å². The van der Waals surface area contributed by atoms with E-state index >= 15 is 0 Å². The lowest BCUT2D eigenvalue weighted by atomic mass is 10.0. The number of hydrogen-bond acceptors (Lipinski definition) is 6. The zero-order chi connectivity index (χ0) is 38.8. The first-order chi connectivity index (χ1) is 24.9. The van der Waals surface area contributed by atoms with Gasteiger partial charge in [0, 0.05) is 6.42 Å². The molecule has 52 heavy (non-hydrogen) atoms. The van der Waals surface area contributed by atoms with Crippen molar-refractivity contribution in [3.63, 3.8) is 0 Å². The lowest BCUT2D eigenvalue weighted by molar-refractivity contribution is -0.870. The molecule has 0 saturated heterocycles. The average molecular weight is 758 g/mol. The zero-order valence-corrected chi connectivity index (χ0v) is 35.1. The Hall–Kier alpha value is -1.32. The molecule has 9 nitrogen and oxygen atoms in total. The quantitative estimate of drug-likeness (QED) is 0.0163. The highest BCUT2D eigenvalue weighted by molar-refractivity contribution is 7.47. The van der Waals surface area contributed by atoms with Crippen LogP contribution in [0.5, 0.6) is 0 Å². The summed E-state index contributed by atoms with van der Waals surface area (Å²) in [6, 6.07) is -0.797. The van der Waals surface area contributed by atoms with Gasteiger partial charge in [0.1, 0.15) is 13.2 Å². The summed E-state index contributed by atoms with van der Waals surface area (Å²) in [5.41, 5.74) is 0. The van der Waals surface area contributed by atoms with E-state index in [4.69, 9.17) is 9.05 Å². The van der Waals surface area contributed by atoms with Gasteiger partial charge in [-0.2, -0.15) is 0 Å². The van der Waals surface area contributed by atoms with E-state index in [2.05, 4.69) is 37.4 Å². The highest BCUT2D eigenvalue weighted by atomic mass is 31.2. The zero-order valence-electron chi connectivity index (χ0n) is 34.2. The predicted octanol–water partition coefficient (Wildman–Crippen LogP) is 10.1. The largest absolute Gasteiger partial charge is 0.472 e. The molecule has 0 aliphatic carbocycles. The topological polar surface area (TPSA) is 125 Å². The summed E-state index contributed by atoms with van der Waals surface area (Å²) in [5.74, 6) is -0.203. The second kappa shape index (κ2) is 34.2. The highest BCUT2D eigenvalue weighted by Crippen LogP contribution is 2.43. The standard InChI is InChI=1S/C42H81N2O7P/c1-6-8-10-12-14-15-16-17-18-19-20-22-26-30-34-41(46)40(38-51-52(48,49)50-37-36-44(3,4)5)43-42(47)35-31-27-23-25-29-33-39(45)32-28-24-21-13-11-9-7-2/h9,11,21,24,28,32,39-41,45-46H,6-8,10,12-20,22-23,25-27,29-31,33-38H2,1-5H3,(H-,43,47,48,49)/p+1/b11-9+,24-21+,32-28+/t39?,40-,41+/m0/s1. The van der Waals surface area contributed by atoms with Gasteiger partial charge in [0.25, 0.3) is 0 Å². The molecule has 0 bridgehead atoms. The molecule has 0 spiro atoms. The fourth-order valence-corrected chi connectivity index (χ4v) is 6.61. The van der Waals surface area contributed by atoms with Gasteiger partial charge < -0.3 is 24.9 Å². The number of carbonyl (C=O) groups is 1. The number of unbranched alkanes of at least 4 members (excludes halogenated alkanes) is 17. The summed E-state index contributed by atoms with van der Waals surface area (Å²) in [6.07, 6.45) is 36.1. The summed E-state index contributed by atoms with van der Waals surface area (Å²) in [6.45, 7) is 4.66. The first-order valence-corrected chi connectivity index (χ1v) is 22.5. The lowest BCUT2D eigenvalue weighted by Gasteiger charge is -2.26. The van der Waals surface area contributed by atoms with Crippen LogP contribution in [0.3, 0.4) is 0 Å². The van der Waals surface area contributed by atoms with Gasteiger partial charge >= 0.3 is 7.82 Å². The van der Waals surface area contributed by atoms with Crippen LogP contribution in [0.25, 0.3) is 0 Å². The number of rotatable bonds is 37. The van der Waals surface area contributed by atoms with E-state index in [1.165, 1.54) is 70.6 Å². The number of carbonyl (C=O) groups excluding carboxylic acids is 1. The Morgan fingerprint density at radius 3 is 1.81 bits per heavy atom. The van der Waals surface area contributed by atoms with Crippen LogP contribution in [0.15, 0.2) is 36.5 Å². The number of phosphoric ester groups is 1. The molecule has 0 fully saturated rings. The molecule has 306 valence electrons. The minimum Gasteiger partial charge on any atom is -0.391 e. The molecule has 0 rings (SSSR count). The van der Waals surface area contributed by atoms with E-state index in [1.807, 2.05) is 39.4 Å². The molecule has 0 aliphatic rings. The smallest absolute Gasteiger partial charge is 0.391 e. The molecule has 10 heteroatoms. The van der Waals surface area contributed by atoms with Crippen LogP contribution in [-0.4, -0.2) is 84.6 Å². The number of quaternary nitrogens is 1. The van der Waals surface area contributed by atoms with E-state index in [1.54, 1.807) is 0 Å². The van der Waals surface area contributed by atoms with Gasteiger partial charge in [-0.25, -0.2) is 4.57 Å². The number of aliphatic hydroxyl groups is 2. The van der Waals surface area contributed by atoms with Crippen LogP contribution in [0.4, 0.5) is 0 Å². The van der Waals surface area contributed by atoms with Crippen molar-refractivity contribution in [2.75, 3.05) is 40.9 Å². The van der Waals surface area contributed by atoms with Gasteiger partial charge in [0.15, 0.2) is 0 Å². The summed E-state index contributed by atoms with van der Waals surface area (Å²) in [5, 5.41) is 24.0. The first kappa shape index (κ1) is 50.7. The van der Waals surface area contributed by atoms with Crippen molar-refractivity contribution >= 4 is 13.7 Å². The normalized spacial score (nSPS) is 15.5. The third-order valence-corrected chi connectivity index (χ3v) is 10.2. The molecular weight excluding hydrogens is 675 g/mol. The molecule has 0 heterocycles. The number of phosphoric acid groups is 1. The van der Waals surface area contributed by atoms with Crippen LogP contribution >= 0.6 is 7.82 Å². The van der Waals surface area contributed by atoms with Gasteiger partial charge in [-0.05, 0) is 32.1 Å². The Morgan fingerprint density at radius 1 is 0.712 bits per heavy atom.